The van der Waals surface area contributed by atoms with E-state index >= 15 is 0 Å². The van der Waals surface area contributed by atoms with Gasteiger partial charge in [-0.25, -0.2) is 15.1 Å². The van der Waals surface area contributed by atoms with E-state index in [-0.39, 0.29) is 26.2 Å². The fourth-order valence-corrected chi connectivity index (χ4v) is 4.94. The molecule has 0 radical (unpaired) electrons. The van der Waals surface area contributed by atoms with E-state index in [9.17, 15) is 29.2 Å². The lowest BCUT2D eigenvalue weighted by Crippen LogP contribution is -2.56. The van der Waals surface area contributed by atoms with Crippen LogP contribution in [0.3, 0.4) is 0 Å². The number of amides is 5. The molecule has 1 saturated heterocycles. The van der Waals surface area contributed by atoms with Crippen LogP contribution in [0.1, 0.15) is 63.0 Å². The number of hydrogen-bond donors (Lipinski definition) is 5. The lowest BCUT2D eigenvalue weighted by Gasteiger charge is -2.26. The molecular weight excluding hydrogens is 582 g/mol. The fourth-order valence-electron chi connectivity index (χ4n) is 4.94. The van der Waals surface area contributed by atoms with Gasteiger partial charge in [-0.05, 0) is 49.7 Å². The van der Waals surface area contributed by atoms with E-state index in [1.165, 1.54) is 4.90 Å². The Labute approximate surface area is 263 Å². The highest BCUT2D eigenvalue weighted by molar-refractivity contribution is 5.93. The summed E-state index contributed by atoms with van der Waals surface area (Å²) in [5, 5.41) is 17.2. The zero-order valence-corrected chi connectivity index (χ0v) is 25.5. The Morgan fingerprint density at radius 1 is 0.844 bits per heavy atom. The second-order valence-electron chi connectivity index (χ2n) is 10.8. The third-order valence-corrected chi connectivity index (χ3v) is 7.35. The van der Waals surface area contributed by atoms with Gasteiger partial charge in [0.1, 0.15) is 31.3 Å². The Balaban J connectivity index is 1.46. The Hall–Kier alpha value is -4.65. The number of hydroxylamine groups is 1. The number of nitrogens with one attached hydrogen (secondary N) is 4. The van der Waals surface area contributed by atoms with Crippen LogP contribution < -0.4 is 21.4 Å². The predicted molar refractivity (Wildman–Crippen MR) is 164 cm³/mol. The van der Waals surface area contributed by atoms with Crippen molar-refractivity contribution in [1.29, 1.82) is 0 Å². The fraction of sp³-hybridized carbons (Fsp3) is 0.469. The average molecular weight is 626 g/mol. The monoisotopic (exact) mass is 625 g/mol. The molecule has 1 fully saturated rings. The molecule has 3 atom stereocenters. The van der Waals surface area contributed by atoms with E-state index in [4.69, 9.17) is 9.47 Å². The minimum Gasteiger partial charge on any atom is -0.445 e. The predicted octanol–water partition coefficient (Wildman–Crippen LogP) is 3.16. The second-order valence-corrected chi connectivity index (χ2v) is 10.8. The molecule has 2 aromatic rings. The Kier molecular flexibility index (Phi) is 14.6. The van der Waals surface area contributed by atoms with Crippen molar-refractivity contribution in [3.63, 3.8) is 0 Å². The molecule has 3 rings (SSSR count). The third-order valence-electron chi connectivity index (χ3n) is 7.35. The van der Waals surface area contributed by atoms with Crippen LogP contribution in [0.25, 0.3) is 0 Å². The van der Waals surface area contributed by atoms with Crippen LogP contribution in [-0.4, -0.2) is 71.2 Å². The van der Waals surface area contributed by atoms with Crippen LogP contribution in [0.5, 0.6) is 0 Å². The highest BCUT2D eigenvalue weighted by Crippen LogP contribution is 2.20. The van der Waals surface area contributed by atoms with E-state index in [1.54, 1.807) is 5.48 Å². The van der Waals surface area contributed by atoms with Gasteiger partial charge in [0.2, 0.25) is 11.8 Å². The molecule has 0 saturated carbocycles. The van der Waals surface area contributed by atoms with Gasteiger partial charge in [0.25, 0.3) is 5.91 Å². The molecule has 13 heteroatoms. The van der Waals surface area contributed by atoms with Gasteiger partial charge in [-0.15, -0.1) is 0 Å². The van der Waals surface area contributed by atoms with Crippen LogP contribution in [0.2, 0.25) is 0 Å². The number of carbonyl (C=O) groups excluding carboxylic acids is 5. The lowest BCUT2D eigenvalue weighted by atomic mass is 10.1. The maximum absolute atomic E-state index is 13.2. The topological polar surface area (TPSA) is 175 Å². The number of benzene rings is 2. The van der Waals surface area contributed by atoms with Gasteiger partial charge in [0, 0.05) is 13.1 Å². The Bertz CT molecular complexity index is 1250. The summed E-state index contributed by atoms with van der Waals surface area (Å²) in [7, 11) is 0. The van der Waals surface area contributed by atoms with Crippen molar-refractivity contribution in [1.82, 2.24) is 26.3 Å². The van der Waals surface area contributed by atoms with Gasteiger partial charge < -0.3 is 25.4 Å². The molecule has 1 heterocycles. The first kappa shape index (κ1) is 34.8. The van der Waals surface area contributed by atoms with Crippen LogP contribution in [0.4, 0.5) is 9.59 Å². The number of carbonyl (C=O) groups is 5. The van der Waals surface area contributed by atoms with Gasteiger partial charge >= 0.3 is 12.2 Å². The lowest BCUT2D eigenvalue weighted by molar-refractivity contribution is -0.136. The summed E-state index contributed by atoms with van der Waals surface area (Å²) in [6.07, 6.45) is 1.82. The first-order chi connectivity index (χ1) is 21.8. The maximum atomic E-state index is 13.2. The van der Waals surface area contributed by atoms with Crippen molar-refractivity contribution in [3.05, 3.63) is 71.8 Å². The summed E-state index contributed by atoms with van der Waals surface area (Å²) in [5.74, 6) is -1.87. The quantitative estimate of drug-likeness (QED) is 0.107. The zero-order chi connectivity index (χ0) is 32.4. The molecule has 0 bridgehead atoms. The van der Waals surface area contributed by atoms with Gasteiger partial charge in [0.15, 0.2) is 0 Å². The smallest absolute Gasteiger partial charge is 0.410 e. The molecule has 2 aromatic carbocycles. The molecule has 0 spiro atoms. The van der Waals surface area contributed by atoms with Crippen molar-refractivity contribution >= 4 is 29.9 Å². The molecule has 0 aliphatic carbocycles. The summed E-state index contributed by atoms with van der Waals surface area (Å²) < 4.78 is 10.6. The van der Waals surface area contributed by atoms with E-state index in [1.807, 2.05) is 67.6 Å². The maximum Gasteiger partial charge on any atom is 0.410 e. The number of rotatable bonds is 16. The van der Waals surface area contributed by atoms with Crippen LogP contribution in [0.15, 0.2) is 60.7 Å². The minimum absolute atomic E-state index is 0.0775. The Morgan fingerprint density at radius 3 is 2.09 bits per heavy atom. The summed E-state index contributed by atoms with van der Waals surface area (Å²) in [4.78, 5) is 64.8. The van der Waals surface area contributed by atoms with Crippen molar-refractivity contribution < 1.29 is 38.7 Å². The van der Waals surface area contributed by atoms with Crippen molar-refractivity contribution in [2.75, 3.05) is 13.1 Å². The van der Waals surface area contributed by atoms with Crippen LogP contribution in [0, 0.1) is 0 Å². The number of likely N-dealkylation sites (tertiary alicyclic amines) is 1. The summed E-state index contributed by atoms with van der Waals surface area (Å²) in [6.45, 7) is 2.72. The number of nitrogens with zero attached hydrogens (tertiary/aromatic N) is 1. The molecule has 244 valence electrons. The van der Waals surface area contributed by atoms with Gasteiger partial charge in [-0.2, -0.15) is 0 Å². The van der Waals surface area contributed by atoms with Crippen LogP contribution in [-0.2, 0) is 37.1 Å². The van der Waals surface area contributed by atoms with Crippen molar-refractivity contribution in [2.24, 2.45) is 0 Å². The SMILES string of the molecule is CCC[C@H](NC(=O)[C@@H]1CCCN1C(=O)OCc1ccccc1)C(=O)N[C@@H](CCCCNC(=O)OCc1ccccc1)C(=O)NO. The van der Waals surface area contributed by atoms with E-state index in [2.05, 4.69) is 16.0 Å². The highest BCUT2D eigenvalue weighted by atomic mass is 16.6. The van der Waals surface area contributed by atoms with Gasteiger partial charge in [0.05, 0.1) is 0 Å². The van der Waals surface area contributed by atoms with Gasteiger partial charge in [-0.3, -0.25) is 24.5 Å². The molecule has 5 amide bonds. The Morgan fingerprint density at radius 2 is 1.47 bits per heavy atom. The summed E-state index contributed by atoms with van der Waals surface area (Å²) in [5.41, 5.74) is 3.26. The highest BCUT2D eigenvalue weighted by Gasteiger charge is 2.37. The van der Waals surface area contributed by atoms with Crippen molar-refractivity contribution in [3.8, 4) is 0 Å². The third kappa shape index (κ3) is 11.8. The molecule has 13 nitrogen and oxygen atoms in total. The second kappa shape index (κ2) is 18.9. The molecule has 1 aliphatic heterocycles. The summed E-state index contributed by atoms with van der Waals surface area (Å²) in [6, 6.07) is 15.7. The normalized spacial score (nSPS) is 15.3. The van der Waals surface area contributed by atoms with E-state index < -0.39 is 48.0 Å². The van der Waals surface area contributed by atoms with Crippen molar-refractivity contribution in [2.45, 2.75) is 83.2 Å². The standard InChI is InChI=1S/C32H43N5O8/c1-2-12-25(35-30(40)27-18-11-20-37(27)32(42)45-22-24-15-7-4-8-16-24)28(38)34-26(29(39)36-43)17-9-10-19-33-31(41)44-21-23-13-5-3-6-14-23/h3-8,13-16,25-27,43H,2,9-12,17-22H2,1H3,(H,33,41)(H,34,38)(H,35,40)(H,36,39)/t25-,26-,27-/m0/s1. The summed E-state index contributed by atoms with van der Waals surface area (Å²) >= 11 is 0. The molecule has 1 aliphatic rings. The number of ether oxygens (including phenoxy) is 2. The molecule has 0 unspecified atom stereocenters. The average Bonchev–Trinajstić information content (AvgIpc) is 3.56. The molecule has 0 aromatic heterocycles. The van der Waals surface area contributed by atoms with E-state index in [0.29, 0.717) is 45.1 Å². The largest absolute Gasteiger partial charge is 0.445 e. The number of alkyl carbamates (subject to hydrolysis) is 1. The number of unbranched alkanes of at least 4 members (excludes halogenated alkanes) is 1. The van der Waals surface area contributed by atoms with Gasteiger partial charge in [-0.1, -0.05) is 74.0 Å². The number of hydrogen-bond acceptors (Lipinski definition) is 8. The molecule has 5 N–H and O–H groups in total. The zero-order valence-electron chi connectivity index (χ0n) is 25.5. The first-order valence-corrected chi connectivity index (χ1v) is 15.3. The van der Waals surface area contributed by atoms with E-state index in [0.717, 1.165) is 11.1 Å². The molecular formula is C32H43N5O8. The first-order valence-electron chi connectivity index (χ1n) is 15.3. The minimum atomic E-state index is -1.07. The molecule has 45 heavy (non-hydrogen) atoms. The van der Waals surface area contributed by atoms with Crippen LogP contribution >= 0.6 is 0 Å².